The van der Waals surface area contributed by atoms with E-state index in [1.807, 2.05) is 33.3 Å². The summed E-state index contributed by atoms with van der Waals surface area (Å²) >= 11 is 0. The molecule has 1 atom stereocenters. The Morgan fingerprint density at radius 2 is 2.08 bits per heavy atom. The van der Waals surface area contributed by atoms with E-state index >= 15 is 0 Å². The van der Waals surface area contributed by atoms with Crippen molar-refractivity contribution in [2.24, 2.45) is 4.99 Å². The van der Waals surface area contributed by atoms with Crippen molar-refractivity contribution >= 4 is 29.9 Å². The largest absolute Gasteiger partial charge is 0.354 e. The van der Waals surface area contributed by atoms with Crippen LogP contribution in [0.25, 0.3) is 0 Å². The van der Waals surface area contributed by atoms with Crippen LogP contribution in [0, 0.1) is 5.82 Å². The van der Waals surface area contributed by atoms with Crippen LogP contribution in [0.4, 0.5) is 4.39 Å². The zero-order valence-electron chi connectivity index (χ0n) is 15.1. The number of rotatable bonds is 8. The van der Waals surface area contributed by atoms with Crippen molar-refractivity contribution in [3.8, 4) is 0 Å². The molecule has 0 heterocycles. The lowest BCUT2D eigenvalue weighted by Crippen LogP contribution is -2.43. The lowest BCUT2D eigenvalue weighted by atomic mass is 10.1. The third-order valence-corrected chi connectivity index (χ3v) is 3.79. The molecule has 0 fully saturated rings. The second-order valence-corrected chi connectivity index (χ2v) is 5.81. The van der Waals surface area contributed by atoms with E-state index in [1.54, 1.807) is 19.2 Å². The lowest BCUT2D eigenvalue weighted by Gasteiger charge is -2.28. The number of hydrogen-bond acceptors (Lipinski definition) is 2. The second-order valence-electron chi connectivity index (χ2n) is 5.81. The molecule has 0 bridgehead atoms. The van der Waals surface area contributed by atoms with Crippen LogP contribution in [0.5, 0.6) is 0 Å². The van der Waals surface area contributed by atoms with Gasteiger partial charge in [0.15, 0.2) is 5.96 Å². The highest BCUT2D eigenvalue weighted by atomic mass is 127. The summed E-state index contributed by atoms with van der Waals surface area (Å²) in [6.45, 7) is 5.32. The Labute approximate surface area is 162 Å². The van der Waals surface area contributed by atoms with Gasteiger partial charge >= 0.3 is 0 Å². The molecule has 136 valence electrons. The fourth-order valence-corrected chi connectivity index (χ4v) is 2.46. The molecule has 0 amide bonds. The zero-order chi connectivity index (χ0) is 17.2. The molecule has 6 heteroatoms. The van der Waals surface area contributed by atoms with E-state index in [0.29, 0.717) is 6.54 Å². The average Bonchev–Trinajstić information content (AvgIpc) is 2.51. The number of allylic oxidation sites excluding steroid dienone is 1. The van der Waals surface area contributed by atoms with E-state index in [4.69, 9.17) is 0 Å². The molecule has 24 heavy (non-hydrogen) atoms. The number of aliphatic imine (C=N–C) groups is 1. The van der Waals surface area contributed by atoms with Crippen LogP contribution in [-0.2, 0) is 0 Å². The second kappa shape index (κ2) is 12.2. The van der Waals surface area contributed by atoms with Crippen molar-refractivity contribution < 1.29 is 4.39 Å². The zero-order valence-corrected chi connectivity index (χ0v) is 17.5. The smallest absolute Gasteiger partial charge is 0.193 e. The van der Waals surface area contributed by atoms with E-state index < -0.39 is 0 Å². The Bertz CT molecular complexity index is 519. The number of nitrogens with one attached hydrogen (secondary N) is 1. The Morgan fingerprint density at radius 3 is 2.62 bits per heavy atom. The third-order valence-electron chi connectivity index (χ3n) is 3.79. The predicted octanol–water partition coefficient (Wildman–Crippen LogP) is 3.52. The minimum absolute atomic E-state index is 0. The van der Waals surface area contributed by atoms with Crippen LogP contribution in [0.1, 0.15) is 24.4 Å². The summed E-state index contributed by atoms with van der Waals surface area (Å²) in [5.41, 5.74) is 0.951. The van der Waals surface area contributed by atoms with Crippen molar-refractivity contribution in [3.63, 3.8) is 0 Å². The standard InChI is InChI=1S/C18H29FN4.HI/c1-6-7-8-12-23(5)18(20-2)21-14-17(22(3)4)15-10-9-11-16(19)13-15;/h6,9-11,13,17H,1,7-8,12,14H2,2-5H3,(H,20,21);1H. The fraction of sp³-hybridized carbons (Fsp3) is 0.500. The highest BCUT2D eigenvalue weighted by Crippen LogP contribution is 2.18. The normalized spacial score (nSPS) is 12.5. The quantitative estimate of drug-likeness (QED) is 0.217. The molecule has 0 aromatic heterocycles. The number of benzene rings is 1. The van der Waals surface area contributed by atoms with Gasteiger partial charge in [0.25, 0.3) is 0 Å². The van der Waals surface area contributed by atoms with Crippen molar-refractivity contribution in [2.45, 2.75) is 18.9 Å². The molecule has 1 aromatic rings. The third kappa shape index (κ3) is 7.61. The van der Waals surface area contributed by atoms with Gasteiger partial charge in [-0.25, -0.2) is 4.39 Å². The Hall–Kier alpha value is -1.15. The van der Waals surface area contributed by atoms with Crippen molar-refractivity contribution in [2.75, 3.05) is 41.3 Å². The van der Waals surface area contributed by atoms with Crippen molar-refractivity contribution in [1.29, 1.82) is 0 Å². The first-order valence-electron chi connectivity index (χ1n) is 7.94. The number of hydrogen-bond donors (Lipinski definition) is 1. The Kier molecular flexibility index (Phi) is 11.7. The van der Waals surface area contributed by atoms with E-state index in [0.717, 1.165) is 30.9 Å². The molecule has 4 nitrogen and oxygen atoms in total. The lowest BCUT2D eigenvalue weighted by molar-refractivity contribution is 0.294. The summed E-state index contributed by atoms with van der Waals surface area (Å²) in [7, 11) is 7.78. The topological polar surface area (TPSA) is 30.9 Å². The Balaban J connectivity index is 0.00000529. The molecule has 0 saturated heterocycles. The summed E-state index contributed by atoms with van der Waals surface area (Å²) in [5, 5.41) is 3.38. The van der Waals surface area contributed by atoms with E-state index in [-0.39, 0.29) is 35.8 Å². The van der Waals surface area contributed by atoms with Crippen LogP contribution in [0.3, 0.4) is 0 Å². The first-order valence-corrected chi connectivity index (χ1v) is 7.94. The maximum Gasteiger partial charge on any atom is 0.193 e. The summed E-state index contributed by atoms with van der Waals surface area (Å²) in [5.74, 6) is 0.637. The van der Waals surface area contributed by atoms with Gasteiger partial charge in [0.1, 0.15) is 5.82 Å². The van der Waals surface area contributed by atoms with Crippen LogP contribution in [0.15, 0.2) is 41.9 Å². The summed E-state index contributed by atoms with van der Waals surface area (Å²) in [6, 6.07) is 6.83. The number of guanidine groups is 1. The van der Waals surface area contributed by atoms with Crippen LogP contribution < -0.4 is 5.32 Å². The molecule has 0 saturated carbocycles. The molecular weight excluding hydrogens is 418 g/mol. The minimum Gasteiger partial charge on any atom is -0.354 e. The summed E-state index contributed by atoms with van der Waals surface area (Å²) < 4.78 is 13.5. The van der Waals surface area contributed by atoms with Gasteiger partial charge in [-0.3, -0.25) is 4.99 Å². The SMILES string of the molecule is C=CCCCN(C)C(=NC)NCC(c1cccc(F)c1)N(C)C.I. The molecule has 0 aliphatic rings. The van der Waals surface area contributed by atoms with Crippen molar-refractivity contribution in [1.82, 2.24) is 15.1 Å². The molecule has 0 aliphatic carbocycles. The molecule has 1 unspecified atom stereocenters. The molecule has 1 N–H and O–H groups in total. The summed E-state index contributed by atoms with van der Waals surface area (Å²) in [4.78, 5) is 8.50. The minimum atomic E-state index is -0.208. The first-order chi connectivity index (χ1) is 11.0. The number of nitrogens with zero attached hydrogens (tertiary/aromatic N) is 3. The van der Waals surface area contributed by atoms with Gasteiger partial charge in [-0.15, -0.1) is 30.6 Å². The van der Waals surface area contributed by atoms with Gasteiger partial charge in [-0.2, -0.15) is 0 Å². The molecule has 0 radical (unpaired) electrons. The monoisotopic (exact) mass is 448 g/mol. The molecule has 1 aromatic carbocycles. The van der Waals surface area contributed by atoms with Crippen molar-refractivity contribution in [3.05, 3.63) is 48.3 Å². The van der Waals surface area contributed by atoms with Gasteiger partial charge in [0.05, 0.1) is 6.04 Å². The van der Waals surface area contributed by atoms with Gasteiger partial charge < -0.3 is 15.1 Å². The molecule has 1 rings (SSSR count). The van der Waals surface area contributed by atoms with Crippen LogP contribution in [0.2, 0.25) is 0 Å². The summed E-state index contributed by atoms with van der Waals surface area (Å²) in [6.07, 6.45) is 3.96. The highest BCUT2D eigenvalue weighted by molar-refractivity contribution is 14.0. The highest BCUT2D eigenvalue weighted by Gasteiger charge is 2.16. The van der Waals surface area contributed by atoms with Gasteiger partial charge in [0.2, 0.25) is 0 Å². The predicted molar refractivity (Wildman–Crippen MR) is 112 cm³/mol. The maximum absolute atomic E-state index is 13.5. The maximum atomic E-state index is 13.5. The first kappa shape index (κ1) is 22.9. The van der Waals surface area contributed by atoms with Gasteiger partial charge in [-0.1, -0.05) is 18.2 Å². The Morgan fingerprint density at radius 1 is 1.38 bits per heavy atom. The van der Waals surface area contributed by atoms with E-state index in [9.17, 15) is 4.39 Å². The number of likely N-dealkylation sites (N-methyl/N-ethyl adjacent to an activating group) is 1. The van der Waals surface area contributed by atoms with Gasteiger partial charge in [-0.05, 0) is 44.6 Å². The number of halogens is 2. The van der Waals surface area contributed by atoms with E-state index in [2.05, 4.69) is 26.7 Å². The molecule has 0 aliphatic heterocycles. The fourth-order valence-electron chi connectivity index (χ4n) is 2.46. The molecule has 0 spiro atoms. The number of unbranched alkanes of at least 4 members (excludes halogenated alkanes) is 1. The average molecular weight is 448 g/mol. The van der Waals surface area contributed by atoms with Crippen LogP contribution in [-0.4, -0.2) is 57.0 Å². The van der Waals surface area contributed by atoms with Crippen LogP contribution >= 0.6 is 24.0 Å². The van der Waals surface area contributed by atoms with Gasteiger partial charge in [0, 0.05) is 27.2 Å². The van der Waals surface area contributed by atoms with E-state index in [1.165, 1.54) is 6.07 Å². The molecular formula is C18H30FIN4.